The first kappa shape index (κ1) is 34.5. The third-order valence-electron chi connectivity index (χ3n) is 10.8. The second kappa shape index (κ2) is 12.8. The fourth-order valence-electron chi connectivity index (χ4n) is 8.04. The molecule has 53 heavy (non-hydrogen) atoms. The highest BCUT2D eigenvalue weighted by Crippen LogP contribution is 2.43. The summed E-state index contributed by atoms with van der Waals surface area (Å²) in [6.45, 7) is 3.78. The molecule has 0 unspecified atom stereocenters. The first-order valence-corrected chi connectivity index (χ1v) is 17.8. The van der Waals surface area contributed by atoms with Crippen LogP contribution in [0.2, 0.25) is 0 Å². The Kier molecular flexibility index (Phi) is 8.34. The van der Waals surface area contributed by atoms with Gasteiger partial charge in [0.2, 0.25) is 0 Å². The zero-order valence-electron chi connectivity index (χ0n) is 29.8. The Morgan fingerprint density at radius 3 is 2.51 bits per heavy atom. The first-order valence-electron chi connectivity index (χ1n) is 17.8. The monoisotopic (exact) mass is 728 g/mol. The molecule has 1 aliphatic carbocycles. The van der Waals surface area contributed by atoms with Gasteiger partial charge in [-0.05, 0) is 62.9 Å². The van der Waals surface area contributed by atoms with E-state index in [0.717, 1.165) is 16.5 Å². The highest BCUT2D eigenvalue weighted by Gasteiger charge is 2.37. The maximum absolute atomic E-state index is 16.0. The van der Waals surface area contributed by atoms with Crippen molar-refractivity contribution in [2.24, 2.45) is 7.05 Å². The molecular weight excluding hydrogens is 689 g/mol. The zero-order chi connectivity index (χ0) is 37.3. The topological polar surface area (TPSA) is 132 Å². The lowest BCUT2D eigenvalue weighted by Gasteiger charge is -2.31. The van der Waals surface area contributed by atoms with Crippen molar-refractivity contribution in [2.75, 3.05) is 20.2 Å². The lowest BCUT2D eigenvalue weighted by atomic mass is 9.96. The molecule has 2 N–H and O–H groups in total. The minimum atomic E-state index is -2.84. The van der Waals surface area contributed by atoms with Gasteiger partial charge in [0.1, 0.15) is 11.5 Å². The maximum Gasteiger partial charge on any atom is 0.407 e. The van der Waals surface area contributed by atoms with Crippen LogP contribution in [0.3, 0.4) is 0 Å². The lowest BCUT2D eigenvalue weighted by molar-refractivity contribution is -0.0494. The molecule has 2 amide bonds. The summed E-state index contributed by atoms with van der Waals surface area (Å²) in [6.07, 6.45) is 3.78. The van der Waals surface area contributed by atoms with Gasteiger partial charge in [-0.3, -0.25) is 18.6 Å². The Bertz CT molecular complexity index is 2490. The van der Waals surface area contributed by atoms with Crippen molar-refractivity contribution in [3.8, 4) is 22.4 Å². The number of alkyl carbamates (subject to hydrolysis) is 1. The number of pyridine rings is 1. The van der Waals surface area contributed by atoms with E-state index in [-0.39, 0.29) is 42.5 Å². The largest absolute Gasteiger partial charge is 0.453 e. The molecule has 276 valence electrons. The highest BCUT2D eigenvalue weighted by molar-refractivity contribution is 6.15. The minimum absolute atomic E-state index is 0.124. The smallest absolute Gasteiger partial charge is 0.407 e. The summed E-state index contributed by atoms with van der Waals surface area (Å²) in [4.78, 5) is 48.7. The third-order valence-corrected chi connectivity index (χ3v) is 10.8. The summed E-state index contributed by atoms with van der Waals surface area (Å²) in [7, 11) is 3.01. The number of likely N-dealkylation sites (tertiary alicyclic amines) is 1. The van der Waals surface area contributed by atoms with Crippen LogP contribution in [0.15, 0.2) is 53.6 Å². The van der Waals surface area contributed by atoms with Crippen LogP contribution in [-0.4, -0.2) is 77.9 Å². The first-order chi connectivity index (χ1) is 25.3. The van der Waals surface area contributed by atoms with Crippen molar-refractivity contribution in [3.63, 3.8) is 0 Å². The Balaban J connectivity index is 1.31. The number of nitrogens with zero attached hydrogens (tertiary/aromatic N) is 6. The van der Waals surface area contributed by atoms with Crippen molar-refractivity contribution in [1.82, 2.24) is 39.1 Å². The number of rotatable bonds is 6. The highest BCUT2D eigenvalue weighted by atomic mass is 19.3. The number of piperidine rings is 1. The summed E-state index contributed by atoms with van der Waals surface area (Å²) in [6, 6.07) is 9.94. The van der Waals surface area contributed by atoms with Gasteiger partial charge in [-0.2, -0.15) is 5.10 Å². The number of carbonyl (C=O) groups excluding carboxylic acids is 2. The van der Waals surface area contributed by atoms with Crippen LogP contribution in [0.4, 0.5) is 18.0 Å². The van der Waals surface area contributed by atoms with E-state index < -0.39 is 36.6 Å². The molecule has 1 saturated carbocycles. The molecule has 2 aromatic carbocycles. The summed E-state index contributed by atoms with van der Waals surface area (Å²) >= 11 is 0. The molecule has 1 saturated heterocycles. The van der Waals surface area contributed by atoms with Gasteiger partial charge in [0.05, 0.1) is 52.7 Å². The number of methoxy groups -OCH3 is 1. The molecule has 4 aromatic heterocycles. The number of aromatic nitrogens is 6. The molecule has 2 aliphatic rings. The van der Waals surface area contributed by atoms with Crippen LogP contribution in [0.25, 0.3) is 55.4 Å². The molecule has 5 heterocycles. The van der Waals surface area contributed by atoms with Gasteiger partial charge in [0.25, 0.3) is 11.8 Å². The summed E-state index contributed by atoms with van der Waals surface area (Å²) in [5.41, 5.74) is 4.62. The molecule has 6 aromatic rings. The van der Waals surface area contributed by atoms with Crippen molar-refractivity contribution >= 4 is 45.0 Å². The van der Waals surface area contributed by atoms with E-state index in [9.17, 15) is 23.2 Å². The number of hydrogen-bond acceptors (Lipinski definition) is 6. The number of halogens is 3. The summed E-state index contributed by atoms with van der Waals surface area (Å²) < 4.78 is 53.6. The van der Waals surface area contributed by atoms with Crippen molar-refractivity contribution in [1.29, 1.82) is 0 Å². The minimum Gasteiger partial charge on any atom is -0.453 e. The van der Waals surface area contributed by atoms with Crippen LogP contribution in [0.5, 0.6) is 0 Å². The van der Waals surface area contributed by atoms with Gasteiger partial charge >= 0.3 is 11.8 Å². The Labute approximate surface area is 301 Å². The molecular formula is C38H39F3N8O4. The Morgan fingerprint density at radius 2 is 1.79 bits per heavy atom. The molecule has 0 bridgehead atoms. The van der Waals surface area contributed by atoms with Gasteiger partial charge in [0, 0.05) is 67.6 Å². The number of H-pyrrole nitrogens is 1. The van der Waals surface area contributed by atoms with E-state index >= 15 is 4.39 Å². The number of ether oxygens (including phenoxy) is 1. The number of carbonyl (C=O) groups is 2. The van der Waals surface area contributed by atoms with Crippen LogP contribution in [-0.2, 0) is 11.8 Å². The van der Waals surface area contributed by atoms with E-state index in [4.69, 9.17) is 9.72 Å². The van der Waals surface area contributed by atoms with E-state index in [2.05, 4.69) is 15.4 Å². The number of imidazole rings is 1. The number of fused-ring (bicyclic) bond motifs is 4. The Hall–Kier alpha value is -5.60. The molecule has 15 heteroatoms. The normalized spacial score (nSPS) is 18.8. The molecule has 12 nitrogen and oxygen atoms in total. The SMILES string of the molecule is COC(=O)N[C@@H]1CC[C@@H](n2c(=O)n(C)c3cnc4[nH]c(-c5ccc(C(=O)N6CCC(F)(F)CC6)c(F)c5)c(-c5ccc6c(cnn6C(C)C)c5)c4c32)C1. The number of benzene rings is 2. The molecule has 8 rings (SSSR count). The average Bonchev–Trinajstić information content (AvgIpc) is 3.91. The molecule has 1 aliphatic heterocycles. The van der Waals surface area contributed by atoms with E-state index in [1.165, 1.54) is 24.1 Å². The van der Waals surface area contributed by atoms with Crippen molar-refractivity contribution < 1.29 is 27.5 Å². The number of nitrogens with one attached hydrogen (secondary N) is 2. The number of aryl methyl sites for hydroxylation is 1. The maximum atomic E-state index is 16.0. The fraction of sp³-hybridized carbons (Fsp3) is 0.395. The standard InChI is InChI=1S/C38H39F3N8O4/c1-20(2)49-28-10-6-21(15-23(28)18-43-49)30-31-33-29(46(3)37(52)48(33)25-8-7-24(17-25)44-36(51)53-4)19-42-34(31)45-32(30)22-5-9-26(27(39)16-22)35(50)47-13-11-38(40,41)12-14-47/h5-6,9-10,15-16,18-20,24-25H,7-8,11-14,17H2,1-4H3,(H,42,45)(H,44,51)/t24-,25-/m1/s1. The van der Waals surface area contributed by atoms with Crippen molar-refractivity contribution in [2.45, 2.75) is 70.0 Å². The summed E-state index contributed by atoms with van der Waals surface area (Å²) in [5, 5.41) is 9.00. The Morgan fingerprint density at radius 1 is 1.04 bits per heavy atom. The zero-order valence-corrected chi connectivity index (χ0v) is 29.8. The molecule has 2 atom stereocenters. The second-order valence-electron chi connectivity index (χ2n) is 14.4. The number of amides is 2. The van der Waals surface area contributed by atoms with Gasteiger partial charge in [0.15, 0.2) is 0 Å². The van der Waals surface area contributed by atoms with Gasteiger partial charge < -0.3 is 19.9 Å². The average molecular weight is 729 g/mol. The predicted octanol–water partition coefficient (Wildman–Crippen LogP) is 6.94. The number of alkyl halides is 2. The fourth-order valence-corrected chi connectivity index (χ4v) is 8.04. The van der Waals surface area contributed by atoms with Gasteiger partial charge in [-0.15, -0.1) is 0 Å². The van der Waals surface area contributed by atoms with Crippen molar-refractivity contribution in [3.05, 3.63) is 70.7 Å². The number of hydrogen-bond donors (Lipinski definition) is 2. The van der Waals surface area contributed by atoms with Gasteiger partial charge in [-0.1, -0.05) is 12.1 Å². The summed E-state index contributed by atoms with van der Waals surface area (Å²) in [5.74, 6) is -4.26. The van der Waals surface area contributed by atoms with Crippen LogP contribution in [0, 0.1) is 5.82 Å². The van der Waals surface area contributed by atoms with E-state index in [1.807, 2.05) is 36.7 Å². The van der Waals surface area contributed by atoms with Crippen LogP contribution >= 0.6 is 0 Å². The molecule has 0 spiro atoms. The van der Waals surface area contributed by atoms with Gasteiger partial charge in [-0.25, -0.2) is 27.7 Å². The van der Waals surface area contributed by atoms with E-state index in [1.54, 1.807) is 34.6 Å². The third kappa shape index (κ3) is 5.82. The van der Waals surface area contributed by atoms with E-state index in [0.29, 0.717) is 58.2 Å². The lowest BCUT2D eigenvalue weighted by Crippen LogP contribution is -2.43. The van der Waals surface area contributed by atoms with Crippen LogP contribution in [0.1, 0.15) is 68.4 Å². The molecule has 2 fully saturated rings. The number of aromatic amines is 1. The predicted molar refractivity (Wildman–Crippen MR) is 194 cm³/mol. The quantitative estimate of drug-likeness (QED) is 0.191. The van der Waals surface area contributed by atoms with Crippen LogP contribution < -0.4 is 11.0 Å². The molecule has 0 radical (unpaired) electrons. The second-order valence-corrected chi connectivity index (χ2v) is 14.4.